The van der Waals surface area contributed by atoms with Crippen LogP contribution in [0.5, 0.6) is 5.75 Å². The van der Waals surface area contributed by atoms with Crippen molar-refractivity contribution < 1.29 is 15.0 Å². The standard InChI is InChI=1S/C14H19NO3/c1-10-9-11(16)3-4-12(10)13(17)15-7-5-14(2,18)6-8-15/h3-4,9,16,18H,5-8H2,1-2H3. The van der Waals surface area contributed by atoms with Crippen molar-refractivity contribution in [1.29, 1.82) is 0 Å². The maximum atomic E-state index is 12.3. The molecule has 1 aliphatic heterocycles. The molecule has 0 aliphatic carbocycles. The van der Waals surface area contributed by atoms with Crippen LogP contribution in [0.1, 0.15) is 35.7 Å². The van der Waals surface area contributed by atoms with Gasteiger partial charge in [-0.2, -0.15) is 0 Å². The number of aromatic hydroxyl groups is 1. The van der Waals surface area contributed by atoms with Crippen molar-refractivity contribution in [2.75, 3.05) is 13.1 Å². The zero-order valence-corrected chi connectivity index (χ0v) is 10.8. The molecule has 1 aromatic carbocycles. The molecule has 1 aliphatic rings. The number of hydrogen-bond donors (Lipinski definition) is 2. The summed E-state index contributed by atoms with van der Waals surface area (Å²) in [5.41, 5.74) is 0.743. The number of aryl methyl sites for hydroxylation is 1. The normalized spacial score (nSPS) is 18.7. The van der Waals surface area contributed by atoms with E-state index in [1.807, 2.05) is 6.92 Å². The third-order valence-corrected chi connectivity index (χ3v) is 3.57. The molecule has 2 rings (SSSR count). The van der Waals surface area contributed by atoms with Crippen LogP contribution in [0.25, 0.3) is 0 Å². The van der Waals surface area contributed by atoms with Crippen molar-refractivity contribution in [3.63, 3.8) is 0 Å². The summed E-state index contributed by atoms with van der Waals surface area (Å²) in [5.74, 6) is 0.147. The summed E-state index contributed by atoms with van der Waals surface area (Å²) in [5, 5.41) is 19.2. The number of rotatable bonds is 1. The second kappa shape index (κ2) is 4.61. The van der Waals surface area contributed by atoms with E-state index in [9.17, 15) is 15.0 Å². The zero-order valence-electron chi connectivity index (χ0n) is 10.8. The highest BCUT2D eigenvalue weighted by atomic mass is 16.3. The molecule has 4 nitrogen and oxygen atoms in total. The minimum Gasteiger partial charge on any atom is -0.508 e. The Hall–Kier alpha value is -1.55. The van der Waals surface area contributed by atoms with Crippen LogP contribution in [0.15, 0.2) is 18.2 Å². The van der Waals surface area contributed by atoms with E-state index < -0.39 is 5.60 Å². The Bertz CT molecular complexity index is 458. The lowest BCUT2D eigenvalue weighted by Crippen LogP contribution is -2.45. The van der Waals surface area contributed by atoms with E-state index in [4.69, 9.17) is 0 Å². The van der Waals surface area contributed by atoms with E-state index in [0.29, 0.717) is 31.5 Å². The molecule has 0 saturated carbocycles. The van der Waals surface area contributed by atoms with Gasteiger partial charge in [-0.25, -0.2) is 0 Å². The van der Waals surface area contributed by atoms with Crippen LogP contribution in [0.2, 0.25) is 0 Å². The Morgan fingerprint density at radius 3 is 2.50 bits per heavy atom. The second-order valence-electron chi connectivity index (χ2n) is 5.29. The number of amides is 1. The second-order valence-corrected chi connectivity index (χ2v) is 5.29. The number of phenolic OH excluding ortho intramolecular Hbond substituents is 1. The maximum absolute atomic E-state index is 12.3. The molecule has 98 valence electrons. The van der Waals surface area contributed by atoms with Gasteiger partial charge in [-0.05, 0) is 50.5 Å². The fraction of sp³-hybridized carbons (Fsp3) is 0.500. The fourth-order valence-corrected chi connectivity index (χ4v) is 2.25. The van der Waals surface area contributed by atoms with Gasteiger partial charge in [0.15, 0.2) is 0 Å². The number of benzene rings is 1. The van der Waals surface area contributed by atoms with Crippen LogP contribution in [-0.2, 0) is 0 Å². The molecular weight excluding hydrogens is 230 g/mol. The number of hydrogen-bond acceptors (Lipinski definition) is 3. The highest BCUT2D eigenvalue weighted by Crippen LogP contribution is 2.24. The van der Waals surface area contributed by atoms with Crippen molar-refractivity contribution in [2.24, 2.45) is 0 Å². The molecule has 0 spiro atoms. The van der Waals surface area contributed by atoms with E-state index in [-0.39, 0.29) is 11.7 Å². The lowest BCUT2D eigenvalue weighted by atomic mass is 9.93. The predicted octanol–water partition coefficient (Wildman–Crippen LogP) is 1.69. The van der Waals surface area contributed by atoms with Crippen LogP contribution >= 0.6 is 0 Å². The number of likely N-dealkylation sites (tertiary alicyclic amines) is 1. The van der Waals surface area contributed by atoms with E-state index in [0.717, 1.165) is 5.56 Å². The summed E-state index contributed by atoms with van der Waals surface area (Å²) in [4.78, 5) is 14.1. The Labute approximate surface area is 107 Å². The molecule has 2 N–H and O–H groups in total. The van der Waals surface area contributed by atoms with Gasteiger partial charge in [-0.1, -0.05) is 0 Å². The summed E-state index contributed by atoms with van der Waals surface area (Å²) in [6.45, 7) is 4.77. The Balaban J connectivity index is 2.13. The third-order valence-electron chi connectivity index (χ3n) is 3.57. The molecule has 1 heterocycles. The van der Waals surface area contributed by atoms with Crippen molar-refractivity contribution in [3.05, 3.63) is 29.3 Å². The smallest absolute Gasteiger partial charge is 0.254 e. The van der Waals surface area contributed by atoms with Gasteiger partial charge in [0.25, 0.3) is 5.91 Å². The summed E-state index contributed by atoms with van der Waals surface area (Å²) in [6, 6.07) is 4.77. The van der Waals surface area contributed by atoms with Crippen LogP contribution in [-0.4, -0.2) is 39.7 Å². The number of phenols is 1. The zero-order chi connectivity index (χ0) is 13.3. The van der Waals surface area contributed by atoms with Crippen molar-refractivity contribution >= 4 is 5.91 Å². The molecule has 0 radical (unpaired) electrons. The van der Waals surface area contributed by atoms with E-state index in [1.54, 1.807) is 24.0 Å². The fourth-order valence-electron chi connectivity index (χ4n) is 2.25. The van der Waals surface area contributed by atoms with Gasteiger partial charge < -0.3 is 15.1 Å². The minimum absolute atomic E-state index is 0.0250. The molecule has 0 aromatic heterocycles. The van der Waals surface area contributed by atoms with Gasteiger partial charge in [0.05, 0.1) is 5.60 Å². The quantitative estimate of drug-likeness (QED) is 0.796. The number of carbonyl (C=O) groups is 1. The average molecular weight is 249 g/mol. The van der Waals surface area contributed by atoms with Crippen molar-refractivity contribution in [2.45, 2.75) is 32.3 Å². The molecule has 18 heavy (non-hydrogen) atoms. The molecule has 1 aromatic rings. The summed E-state index contributed by atoms with van der Waals surface area (Å²) in [6.07, 6.45) is 1.21. The Morgan fingerprint density at radius 1 is 1.33 bits per heavy atom. The predicted molar refractivity (Wildman–Crippen MR) is 68.6 cm³/mol. The number of nitrogens with zero attached hydrogens (tertiary/aromatic N) is 1. The molecule has 0 unspecified atom stereocenters. The van der Waals surface area contributed by atoms with E-state index in [2.05, 4.69) is 0 Å². The number of aliphatic hydroxyl groups is 1. The average Bonchev–Trinajstić information content (AvgIpc) is 2.28. The molecule has 1 saturated heterocycles. The van der Waals surface area contributed by atoms with Gasteiger partial charge in [0, 0.05) is 18.7 Å². The molecule has 4 heteroatoms. The van der Waals surface area contributed by atoms with Gasteiger partial charge in [0.1, 0.15) is 5.75 Å². The summed E-state index contributed by atoms with van der Waals surface area (Å²) >= 11 is 0. The highest BCUT2D eigenvalue weighted by Gasteiger charge is 2.30. The molecule has 0 bridgehead atoms. The largest absolute Gasteiger partial charge is 0.508 e. The first-order valence-corrected chi connectivity index (χ1v) is 6.20. The van der Waals surface area contributed by atoms with Crippen LogP contribution in [0, 0.1) is 6.92 Å². The SMILES string of the molecule is Cc1cc(O)ccc1C(=O)N1CCC(C)(O)CC1. The lowest BCUT2D eigenvalue weighted by molar-refractivity contribution is -0.00203. The topological polar surface area (TPSA) is 60.8 Å². The molecule has 1 fully saturated rings. The molecular formula is C14H19NO3. The van der Waals surface area contributed by atoms with Crippen LogP contribution in [0.3, 0.4) is 0 Å². The summed E-state index contributed by atoms with van der Waals surface area (Å²) in [7, 11) is 0. The first-order chi connectivity index (χ1) is 8.39. The first kappa shape index (κ1) is 12.9. The first-order valence-electron chi connectivity index (χ1n) is 6.20. The molecule has 0 atom stereocenters. The lowest BCUT2D eigenvalue weighted by Gasteiger charge is -2.36. The van der Waals surface area contributed by atoms with E-state index >= 15 is 0 Å². The minimum atomic E-state index is -0.652. The third kappa shape index (κ3) is 2.64. The number of piperidine rings is 1. The van der Waals surface area contributed by atoms with Gasteiger partial charge >= 0.3 is 0 Å². The van der Waals surface area contributed by atoms with Crippen molar-refractivity contribution in [3.8, 4) is 5.75 Å². The highest BCUT2D eigenvalue weighted by molar-refractivity contribution is 5.95. The Morgan fingerprint density at radius 2 is 1.94 bits per heavy atom. The maximum Gasteiger partial charge on any atom is 0.254 e. The van der Waals surface area contributed by atoms with Gasteiger partial charge in [-0.3, -0.25) is 4.79 Å². The molecule has 1 amide bonds. The van der Waals surface area contributed by atoms with Crippen molar-refractivity contribution in [1.82, 2.24) is 4.90 Å². The van der Waals surface area contributed by atoms with Crippen LogP contribution in [0.4, 0.5) is 0 Å². The number of carbonyl (C=O) groups excluding carboxylic acids is 1. The van der Waals surface area contributed by atoms with Crippen LogP contribution < -0.4 is 0 Å². The van der Waals surface area contributed by atoms with Gasteiger partial charge in [-0.15, -0.1) is 0 Å². The Kier molecular flexibility index (Phi) is 3.30. The van der Waals surface area contributed by atoms with Gasteiger partial charge in [0.2, 0.25) is 0 Å². The summed E-state index contributed by atoms with van der Waals surface area (Å²) < 4.78 is 0. The van der Waals surface area contributed by atoms with E-state index in [1.165, 1.54) is 6.07 Å². The monoisotopic (exact) mass is 249 g/mol.